The van der Waals surface area contributed by atoms with E-state index in [9.17, 15) is 4.79 Å². The van der Waals surface area contributed by atoms with Crippen molar-refractivity contribution in [3.05, 3.63) is 77.9 Å². The normalized spacial score (nSPS) is 9.89. The summed E-state index contributed by atoms with van der Waals surface area (Å²) >= 11 is 0. The van der Waals surface area contributed by atoms with E-state index in [0.717, 1.165) is 16.9 Å². The summed E-state index contributed by atoms with van der Waals surface area (Å²) in [6, 6.07) is 20.9. The Morgan fingerprint density at radius 2 is 1.22 bits per heavy atom. The molecule has 0 bridgehead atoms. The molecule has 0 heterocycles. The third-order valence-electron chi connectivity index (χ3n) is 3.76. The Hall–Kier alpha value is -2.98. The maximum absolute atomic E-state index is 11.3. The Bertz CT molecular complexity index is 906. The zero-order valence-corrected chi connectivity index (χ0v) is 16.3. The van der Waals surface area contributed by atoms with Gasteiger partial charge in [0.25, 0.3) is 0 Å². The molecule has 0 saturated heterocycles. The molecule has 0 aliphatic rings. The van der Waals surface area contributed by atoms with Gasteiger partial charge in [-0.2, -0.15) is 0 Å². The molecule has 0 atom stereocenters. The molecule has 0 aromatic heterocycles. The quantitative estimate of drug-likeness (QED) is 0.564. The molecule has 0 unspecified atom stereocenters. The number of amides is 1. The molecular weight excluding hydrogens is 362 g/mol. The number of hydrogen-bond acceptors (Lipinski definition) is 3. The Balaban J connectivity index is 0.00000261. The van der Waals surface area contributed by atoms with Crippen molar-refractivity contribution in [3.63, 3.8) is 0 Å². The van der Waals surface area contributed by atoms with E-state index in [1.54, 1.807) is 18.2 Å². The summed E-state index contributed by atoms with van der Waals surface area (Å²) in [7, 11) is 0. The number of ether oxygens (including phenoxy) is 2. The highest BCUT2D eigenvalue weighted by Gasteiger charge is 2.10. The average Bonchev–Trinajstić information content (AvgIpc) is 2.60. The molecule has 5 heteroatoms. The first-order valence-electron chi connectivity index (χ1n) is 8.40. The standard InChI is InChI=1S/C22H21NO3.ClH/c1-15-4-9-19(10-5-15)25-21-13-8-18(23-17(3)24)14-22(21)26-20-11-6-16(2)7-12-20;/h4-14H,1-3H3,(H,23,24);1H. The van der Waals surface area contributed by atoms with E-state index in [0.29, 0.717) is 22.9 Å². The van der Waals surface area contributed by atoms with E-state index in [1.165, 1.54) is 6.92 Å². The predicted octanol–water partition coefficient (Wildman–Crippen LogP) is 6.27. The summed E-state index contributed by atoms with van der Waals surface area (Å²) in [6.07, 6.45) is 0. The zero-order chi connectivity index (χ0) is 18.5. The monoisotopic (exact) mass is 383 g/mol. The van der Waals surface area contributed by atoms with Crippen LogP contribution in [0.2, 0.25) is 0 Å². The first-order valence-corrected chi connectivity index (χ1v) is 8.40. The van der Waals surface area contributed by atoms with Gasteiger partial charge >= 0.3 is 0 Å². The van der Waals surface area contributed by atoms with Crippen LogP contribution in [0.25, 0.3) is 0 Å². The first kappa shape index (κ1) is 20.3. The van der Waals surface area contributed by atoms with Crippen LogP contribution in [0, 0.1) is 13.8 Å². The van der Waals surface area contributed by atoms with Crippen LogP contribution in [0.3, 0.4) is 0 Å². The zero-order valence-electron chi connectivity index (χ0n) is 15.5. The summed E-state index contributed by atoms with van der Waals surface area (Å²) < 4.78 is 12.0. The molecule has 4 nitrogen and oxygen atoms in total. The number of carbonyl (C=O) groups excluding carboxylic acids is 1. The molecule has 0 saturated carbocycles. The van der Waals surface area contributed by atoms with Crippen molar-refractivity contribution in [2.45, 2.75) is 20.8 Å². The number of anilines is 1. The van der Waals surface area contributed by atoms with E-state index >= 15 is 0 Å². The number of rotatable bonds is 5. The van der Waals surface area contributed by atoms with Crippen molar-refractivity contribution in [2.75, 3.05) is 5.32 Å². The van der Waals surface area contributed by atoms with Gasteiger partial charge in [-0.25, -0.2) is 0 Å². The van der Waals surface area contributed by atoms with Crippen molar-refractivity contribution in [1.82, 2.24) is 0 Å². The third kappa shape index (κ3) is 5.76. The van der Waals surface area contributed by atoms with Gasteiger partial charge in [0, 0.05) is 18.7 Å². The predicted molar refractivity (Wildman–Crippen MR) is 110 cm³/mol. The van der Waals surface area contributed by atoms with Crippen LogP contribution in [0.4, 0.5) is 5.69 Å². The van der Waals surface area contributed by atoms with E-state index in [2.05, 4.69) is 5.32 Å². The van der Waals surface area contributed by atoms with Gasteiger partial charge in [-0.15, -0.1) is 12.4 Å². The number of carbonyl (C=O) groups is 1. The molecule has 1 N–H and O–H groups in total. The molecular formula is C22H22ClNO3. The highest BCUT2D eigenvalue weighted by Crippen LogP contribution is 2.37. The lowest BCUT2D eigenvalue weighted by Crippen LogP contribution is -2.05. The molecule has 3 aromatic carbocycles. The second-order valence-electron chi connectivity index (χ2n) is 6.17. The van der Waals surface area contributed by atoms with Crippen LogP contribution < -0.4 is 14.8 Å². The van der Waals surface area contributed by atoms with Crippen molar-refractivity contribution in [3.8, 4) is 23.0 Å². The van der Waals surface area contributed by atoms with Gasteiger partial charge < -0.3 is 14.8 Å². The number of benzene rings is 3. The molecule has 0 spiro atoms. The van der Waals surface area contributed by atoms with Crippen LogP contribution in [0.5, 0.6) is 23.0 Å². The second kappa shape index (κ2) is 9.10. The summed E-state index contributed by atoms with van der Waals surface area (Å²) in [6.45, 7) is 5.52. The summed E-state index contributed by atoms with van der Waals surface area (Å²) in [4.78, 5) is 11.3. The van der Waals surface area contributed by atoms with Crippen molar-refractivity contribution >= 4 is 24.0 Å². The number of hydrogen-bond donors (Lipinski definition) is 1. The van der Waals surface area contributed by atoms with E-state index < -0.39 is 0 Å². The van der Waals surface area contributed by atoms with Gasteiger partial charge in [-0.3, -0.25) is 4.79 Å². The number of nitrogens with one attached hydrogen (secondary N) is 1. The van der Waals surface area contributed by atoms with Crippen LogP contribution in [0.15, 0.2) is 66.7 Å². The Morgan fingerprint density at radius 3 is 1.70 bits per heavy atom. The highest BCUT2D eigenvalue weighted by atomic mass is 35.5. The van der Waals surface area contributed by atoms with Gasteiger partial charge in [0.1, 0.15) is 11.5 Å². The SMILES string of the molecule is CC(=O)Nc1ccc(Oc2ccc(C)cc2)c(Oc2ccc(C)cc2)c1.Cl. The maximum Gasteiger partial charge on any atom is 0.221 e. The summed E-state index contributed by atoms with van der Waals surface area (Å²) in [5.41, 5.74) is 2.96. The molecule has 3 rings (SSSR count). The molecule has 0 aliphatic carbocycles. The van der Waals surface area contributed by atoms with Crippen LogP contribution in [-0.2, 0) is 4.79 Å². The average molecular weight is 384 g/mol. The molecule has 3 aromatic rings. The van der Waals surface area contributed by atoms with Crippen molar-refractivity contribution in [2.24, 2.45) is 0 Å². The topological polar surface area (TPSA) is 47.6 Å². The molecule has 27 heavy (non-hydrogen) atoms. The smallest absolute Gasteiger partial charge is 0.221 e. The summed E-state index contributed by atoms with van der Waals surface area (Å²) in [5, 5.41) is 2.76. The minimum Gasteiger partial charge on any atom is -0.453 e. The fourth-order valence-corrected chi connectivity index (χ4v) is 2.42. The summed E-state index contributed by atoms with van der Waals surface area (Å²) in [5.74, 6) is 2.38. The first-order chi connectivity index (χ1) is 12.5. The highest BCUT2D eigenvalue weighted by molar-refractivity contribution is 5.89. The molecule has 1 amide bonds. The van der Waals surface area contributed by atoms with E-state index in [1.807, 2.05) is 62.4 Å². The van der Waals surface area contributed by atoms with Crippen LogP contribution in [0.1, 0.15) is 18.1 Å². The van der Waals surface area contributed by atoms with Crippen molar-refractivity contribution in [1.29, 1.82) is 0 Å². The number of aryl methyl sites for hydroxylation is 2. The Kier molecular flexibility index (Phi) is 6.85. The maximum atomic E-state index is 11.3. The largest absolute Gasteiger partial charge is 0.453 e. The van der Waals surface area contributed by atoms with Gasteiger partial charge in [0.05, 0.1) is 0 Å². The molecule has 0 radical (unpaired) electrons. The lowest BCUT2D eigenvalue weighted by molar-refractivity contribution is -0.114. The van der Waals surface area contributed by atoms with Crippen LogP contribution in [-0.4, -0.2) is 5.91 Å². The third-order valence-corrected chi connectivity index (χ3v) is 3.76. The van der Waals surface area contributed by atoms with Crippen LogP contribution >= 0.6 is 12.4 Å². The minimum absolute atomic E-state index is 0. The van der Waals surface area contributed by atoms with Gasteiger partial charge in [0.2, 0.25) is 5.91 Å². The van der Waals surface area contributed by atoms with Gasteiger partial charge in [-0.1, -0.05) is 35.4 Å². The second-order valence-corrected chi connectivity index (χ2v) is 6.17. The fourth-order valence-electron chi connectivity index (χ4n) is 2.42. The Labute approximate surface area is 165 Å². The Morgan fingerprint density at radius 1 is 0.741 bits per heavy atom. The fraction of sp³-hybridized carbons (Fsp3) is 0.136. The van der Waals surface area contributed by atoms with Gasteiger partial charge in [0.15, 0.2) is 11.5 Å². The molecule has 0 aliphatic heterocycles. The van der Waals surface area contributed by atoms with Gasteiger partial charge in [-0.05, 0) is 50.2 Å². The van der Waals surface area contributed by atoms with E-state index in [-0.39, 0.29) is 18.3 Å². The lowest BCUT2D eigenvalue weighted by Gasteiger charge is -2.14. The minimum atomic E-state index is -0.140. The van der Waals surface area contributed by atoms with E-state index in [4.69, 9.17) is 9.47 Å². The molecule has 0 fully saturated rings. The van der Waals surface area contributed by atoms with Crippen molar-refractivity contribution < 1.29 is 14.3 Å². The molecule has 140 valence electrons. The lowest BCUT2D eigenvalue weighted by atomic mass is 10.2. The number of halogens is 1.